The Morgan fingerprint density at radius 1 is 0.410 bits per heavy atom. The second kappa shape index (κ2) is 15.0. The third-order valence-corrected chi connectivity index (χ3v) is 9.64. The molecule has 0 radical (unpaired) electrons. The Kier molecular flexibility index (Phi) is 11.8. The average Bonchev–Trinajstić information content (AvgIpc) is 3.03. The van der Waals surface area contributed by atoms with Crippen molar-refractivity contribution in [1.29, 1.82) is 0 Å². The van der Waals surface area contributed by atoms with E-state index < -0.39 is 0 Å². The first-order valence-corrected chi connectivity index (χ1v) is 15.6. The number of hydrogen-bond acceptors (Lipinski definition) is 3. The van der Waals surface area contributed by atoms with Gasteiger partial charge < -0.3 is 25.3 Å². The summed E-state index contributed by atoms with van der Waals surface area (Å²) in [4.78, 5) is 11.1. The molecule has 0 aromatic carbocycles. The van der Waals surface area contributed by atoms with Crippen LogP contribution in [0.5, 0.6) is 0 Å². The smallest absolute Gasteiger partial charge is 0.231 e. The summed E-state index contributed by atoms with van der Waals surface area (Å²) < 4.78 is 0.755. The van der Waals surface area contributed by atoms with Gasteiger partial charge in [-0.2, -0.15) is 13.9 Å². The zero-order valence-electron chi connectivity index (χ0n) is 24.2. The molecule has 0 atom stereocenters. The van der Waals surface area contributed by atoms with Crippen LogP contribution in [0.3, 0.4) is 0 Å². The number of fused-ring (bicyclic) bond motifs is 9. The van der Waals surface area contributed by atoms with Crippen LogP contribution >= 0.6 is 0 Å². The van der Waals surface area contributed by atoms with Gasteiger partial charge in [0, 0.05) is 0 Å². The number of aromatic nitrogens is 2. The van der Waals surface area contributed by atoms with Crippen LogP contribution in [0.15, 0.2) is 24.8 Å². The molecule has 11 rings (SSSR count). The molecule has 10 saturated heterocycles. The average molecular weight is 561 g/mol. The number of hydroxylamine groups is 9. The van der Waals surface area contributed by atoms with Crippen LogP contribution in [0.2, 0.25) is 0 Å². The molecule has 0 aliphatic carbocycles. The largest absolute Gasteiger partial charge is 0.337 e. The Labute approximate surface area is 233 Å². The molecule has 0 amide bonds. The molecular formula is C26H60N10O3+10. The highest BCUT2D eigenvalue weighted by molar-refractivity contribution is 4.52. The van der Waals surface area contributed by atoms with E-state index in [2.05, 4.69) is 20.6 Å². The van der Waals surface area contributed by atoms with E-state index in [0.717, 1.165) is 58.9 Å². The minimum atomic E-state index is 0.195. The summed E-state index contributed by atoms with van der Waals surface area (Å²) in [5, 5.41) is 33.7. The Morgan fingerprint density at radius 2 is 0.667 bits per heavy atom. The maximum atomic E-state index is 9.65. The molecule has 12 N–H and O–H groups in total. The molecule has 6 bridgehead atoms. The Morgan fingerprint density at radius 3 is 0.846 bits per heavy atom. The summed E-state index contributed by atoms with van der Waals surface area (Å²) in [6.45, 7) is 24.7. The molecule has 13 nitrogen and oxygen atoms in total. The lowest BCUT2D eigenvalue weighted by molar-refractivity contribution is -1.23. The van der Waals surface area contributed by atoms with Crippen LogP contribution in [0.25, 0.3) is 0 Å². The van der Waals surface area contributed by atoms with Gasteiger partial charge >= 0.3 is 0 Å². The zero-order chi connectivity index (χ0) is 27.4. The number of nitrogens with one attached hydrogen (secondary N) is 5. The lowest BCUT2D eigenvalue weighted by Gasteiger charge is -2.46. The predicted octanol–water partition coefficient (Wildman–Crippen LogP) is -9.24. The molecule has 222 valence electrons. The summed E-state index contributed by atoms with van der Waals surface area (Å²) in [7, 11) is 0. The summed E-state index contributed by atoms with van der Waals surface area (Å²) >= 11 is 0. The fourth-order valence-electron chi connectivity index (χ4n) is 6.47. The van der Waals surface area contributed by atoms with Gasteiger partial charge in [0.05, 0.1) is 0 Å². The molecule has 10 aliphatic rings. The fourth-order valence-corrected chi connectivity index (χ4v) is 6.47. The topological polar surface area (TPSA) is 136 Å². The highest BCUT2D eigenvalue weighted by Crippen LogP contribution is 2.21. The third-order valence-electron chi connectivity index (χ3n) is 9.64. The SMILES string of the molecule is C1C[NH+]2CC[NH+]1CC2.C1C[NH2+]CC[NH2+]1.O[N+]12CC[N+](O)(CC1)CC2.O[N+]12CC[NH+](CC1)CC2.c1c[nH+]cc[nH+]1. The van der Waals surface area contributed by atoms with Crippen LogP contribution in [-0.2, 0) is 0 Å². The molecule has 0 saturated carbocycles. The lowest BCUT2D eigenvalue weighted by atomic mass is 10.2. The molecule has 0 spiro atoms. The first kappa shape index (κ1) is 30.6. The lowest BCUT2D eigenvalue weighted by Crippen LogP contribution is -3.35. The van der Waals surface area contributed by atoms with E-state index in [-0.39, 0.29) is 9.29 Å². The zero-order valence-corrected chi connectivity index (χ0v) is 24.2. The minimum absolute atomic E-state index is 0.195. The summed E-state index contributed by atoms with van der Waals surface area (Å²) in [5.74, 6) is 0. The monoisotopic (exact) mass is 560 g/mol. The van der Waals surface area contributed by atoms with Crippen molar-refractivity contribution in [2.24, 2.45) is 0 Å². The van der Waals surface area contributed by atoms with Gasteiger partial charge in [-0.05, 0) is 0 Å². The van der Waals surface area contributed by atoms with Crippen molar-refractivity contribution in [3.05, 3.63) is 24.8 Å². The number of hydrogen-bond donors (Lipinski definition) is 8. The van der Waals surface area contributed by atoms with Gasteiger partial charge in [-0.3, -0.25) is 0 Å². The van der Waals surface area contributed by atoms with Crippen LogP contribution in [0.1, 0.15) is 0 Å². The molecule has 11 heterocycles. The number of H-pyrrole nitrogens is 2. The highest BCUT2D eigenvalue weighted by Gasteiger charge is 2.49. The number of piperazine rings is 10. The van der Waals surface area contributed by atoms with Gasteiger partial charge in [-0.25, -0.2) is 25.6 Å². The Bertz CT molecular complexity index is 685. The summed E-state index contributed by atoms with van der Waals surface area (Å²) in [6.07, 6.45) is 7.28. The van der Waals surface area contributed by atoms with Crippen molar-refractivity contribution < 1.29 is 64.9 Å². The van der Waals surface area contributed by atoms with Crippen molar-refractivity contribution in [1.82, 2.24) is 0 Å². The molecule has 1 aromatic heterocycles. The maximum Gasteiger partial charge on any atom is 0.231 e. The number of nitrogens with zero attached hydrogens (tertiary/aromatic N) is 3. The first-order chi connectivity index (χ1) is 18.9. The van der Waals surface area contributed by atoms with E-state index in [9.17, 15) is 15.6 Å². The van der Waals surface area contributed by atoms with Crippen LogP contribution in [0.4, 0.5) is 0 Å². The van der Waals surface area contributed by atoms with Crippen molar-refractivity contribution in [2.75, 3.05) is 144 Å². The second-order valence-corrected chi connectivity index (χ2v) is 12.5. The van der Waals surface area contributed by atoms with E-state index in [0.29, 0.717) is 4.65 Å². The number of rotatable bonds is 0. The van der Waals surface area contributed by atoms with Crippen LogP contribution in [-0.4, -0.2) is 174 Å². The summed E-state index contributed by atoms with van der Waals surface area (Å²) in [5.41, 5.74) is 0. The van der Waals surface area contributed by atoms with Gasteiger partial charge in [-0.15, -0.1) is 0 Å². The van der Waals surface area contributed by atoms with Gasteiger partial charge in [0.25, 0.3) is 0 Å². The standard InChI is InChI=1S/C6H14N2O2.C6H13N2O.C6H12N2.C4H10N2.C4H4N2/c9-7-1-2-8(10,5-3-7)6-4-7;9-8-4-1-7(2-5-8)3-6-8;1-2-8-5-3-7(1)4-6-8;2*1-2-6-4-3-5-1/h9-10H,1-6H2;9H,1-6H2;1-6H2;5-6H,1-4H2;1-4H/q+2;+1;;;/p+7. The van der Waals surface area contributed by atoms with Gasteiger partial charge in [0.15, 0.2) is 58.9 Å². The molecule has 10 fully saturated rings. The van der Waals surface area contributed by atoms with Gasteiger partial charge in [-0.1, -0.05) is 0 Å². The fraction of sp³-hybridized carbons (Fsp3) is 0.846. The Hall–Kier alpha value is -1.36. The van der Waals surface area contributed by atoms with Crippen molar-refractivity contribution >= 4 is 0 Å². The molecule has 13 heteroatoms. The second-order valence-electron chi connectivity index (χ2n) is 12.5. The van der Waals surface area contributed by atoms with E-state index >= 15 is 0 Å². The normalized spacial score (nSPS) is 39.3. The van der Waals surface area contributed by atoms with Gasteiger partial charge in [0.2, 0.25) is 24.8 Å². The van der Waals surface area contributed by atoms with E-state index in [1.54, 1.807) is 4.90 Å². The number of aromatic amines is 2. The number of quaternary nitrogens is 8. The predicted molar refractivity (Wildman–Crippen MR) is 140 cm³/mol. The van der Waals surface area contributed by atoms with Crippen molar-refractivity contribution in [2.45, 2.75) is 0 Å². The maximum absolute atomic E-state index is 9.65. The first-order valence-electron chi connectivity index (χ1n) is 15.6. The van der Waals surface area contributed by atoms with Crippen molar-refractivity contribution in [3.8, 4) is 0 Å². The van der Waals surface area contributed by atoms with E-state index in [1.807, 2.05) is 34.6 Å². The quantitative estimate of drug-likeness (QED) is 0.150. The molecular weight excluding hydrogens is 500 g/mol. The van der Waals surface area contributed by atoms with Crippen LogP contribution in [0, 0.1) is 0 Å². The molecule has 1 aromatic rings. The van der Waals surface area contributed by atoms with E-state index in [1.165, 1.54) is 85.1 Å². The molecule has 39 heavy (non-hydrogen) atoms. The van der Waals surface area contributed by atoms with Gasteiger partial charge in [0.1, 0.15) is 85.1 Å². The van der Waals surface area contributed by atoms with E-state index in [4.69, 9.17) is 0 Å². The van der Waals surface area contributed by atoms with Crippen molar-refractivity contribution in [3.63, 3.8) is 0 Å². The molecule has 0 unspecified atom stereocenters. The number of nitrogens with two attached hydrogens (primary N) is 2. The summed E-state index contributed by atoms with van der Waals surface area (Å²) in [6, 6.07) is 0. The Balaban J connectivity index is 0.000000115. The molecule has 10 aliphatic heterocycles. The highest BCUT2D eigenvalue weighted by atomic mass is 16.6. The van der Waals surface area contributed by atoms with Crippen LogP contribution < -0.4 is 35.3 Å². The third kappa shape index (κ3) is 10.5. The minimum Gasteiger partial charge on any atom is -0.337 e.